The van der Waals surface area contributed by atoms with E-state index in [1.165, 1.54) is 24.9 Å². The molecule has 1 N–H and O–H groups in total. The molecule has 122 valence electrons. The molecule has 0 saturated carbocycles. The van der Waals surface area contributed by atoms with Crippen molar-refractivity contribution in [2.24, 2.45) is 0 Å². The van der Waals surface area contributed by atoms with Crippen molar-refractivity contribution in [2.45, 2.75) is 38.6 Å². The number of thiophene rings is 1. The van der Waals surface area contributed by atoms with Gasteiger partial charge in [0.05, 0.1) is 12.5 Å². The van der Waals surface area contributed by atoms with E-state index in [1.54, 1.807) is 11.3 Å². The van der Waals surface area contributed by atoms with E-state index in [-0.39, 0.29) is 11.9 Å². The first-order chi connectivity index (χ1) is 11.2. The summed E-state index contributed by atoms with van der Waals surface area (Å²) in [5.74, 6) is 0.0834. The third-order valence-electron chi connectivity index (χ3n) is 4.41. The molecule has 1 atom stereocenters. The average molecular weight is 328 g/mol. The molecule has 0 aliphatic carbocycles. The van der Waals surface area contributed by atoms with E-state index < -0.39 is 0 Å². The number of piperidine rings is 1. The summed E-state index contributed by atoms with van der Waals surface area (Å²) < 4.78 is 0. The maximum Gasteiger partial charge on any atom is 0.225 e. The predicted molar refractivity (Wildman–Crippen MR) is 97.1 cm³/mol. The van der Waals surface area contributed by atoms with E-state index in [1.807, 2.05) is 24.4 Å². The number of carbonyl (C=O) groups excluding carboxylic acids is 1. The second-order valence-electron chi connectivity index (χ2n) is 6.18. The number of amides is 1. The molecular formula is C19H24N2OS. The molecule has 1 fully saturated rings. The van der Waals surface area contributed by atoms with Crippen LogP contribution in [0.15, 0.2) is 41.8 Å². The quantitative estimate of drug-likeness (QED) is 0.894. The zero-order valence-electron chi connectivity index (χ0n) is 13.6. The summed E-state index contributed by atoms with van der Waals surface area (Å²) >= 11 is 1.63. The topological polar surface area (TPSA) is 32.3 Å². The molecular weight excluding hydrogens is 304 g/mol. The lowest BCUT2D eigenvalue weighted by molar-refractivity contribution is -0.121. The van der Waals surface area contributed by atoms with Crippen molar-refractivity contribution in [1.82, 2.24) is 5.32 Å². The minimum absolute atomic E-state index is 0.0397. The number of nitrogens with one attached hydrogen (secondary N) is 1. The van der Waals surface area contributed by atoms with Gasteiger partial charge < -0.3 is 10.2 Å². The standard InChI is InChI=1S/C19H24N2OS/c1-15(20-19(22)14-18-6-5-13-23-18)16-7-9-17(10-8-16)21-11-3-2-4-12-21/h5-10,13,15H,2-4,11-12,14H2,1H3,(H,20,22). The second-order valence-corrected chi connectivity index (χ2v) is 7.22. The molecule has 2 aromatic rings. The Balaban J connectivity index is 1.56. The van der Waals surface area contributed by atoms with Crippen LogP contribution < -0.4 is 10.2 Å². The molecule has 1 aliphatic heterocycles. The van der Waals surface area contributed by atoms with Gasteiger partial charge >= 0.3 is 0 Å². The van der Waals surface area contributed by atoms with Crippen LogP contribution in [0.3, 0.4) is 0 Å². The smallest absolute Gasteiger partial charge is 0.225 e. The van der Waals surface area contributed by atoms with Crippen molar-refractivity contribution in [3.8, 4) is 0 Å². The van der Waals surface area contributed by atoms with Crippen molar-refractivity contribution >= 4 is 22.9 Å². The van der Waals surface area contributed by atoms with Gasteiger partial charge in [-0.15, -0.1) is 11.3 Å². The van der Waals surface area contributed by atoms with Gasteiger partial charge in [-0.2, -0.15) is 0 Å². The Morgan fingerprint density at radius 2 is 1.91 bits per heavy atom. The Labute approximate surface area is 142 Å². The first kappa shape index (κ1) is 16.1. The van der Waals surface area contributed by atoms with Gasteiger partial charge in [0, 0.05) is 23.7 Å². The summed E-state index contributed by atoms with van der Waals surface area (Å²) in [7, 11) is 0. The summed E-state index contributed by atoms with van der Waals surface area (Å²) in [6, 6.07) is 12.7. The molecule has 1 aromatic heterocycles. The van der Waals surface area contributed by atoms with Gasteiger partial charge in [-0.3, -0.25) is 4.79 Å². The van der Waals surface area contributed by atoms with Crippen LogP contribution in [0.5, 0.6) is 0 Å². The monoisotopic (exact) mass is 328 g/mol. The third-order valence-corrected chi connectivity index (χ3v) is 5.28. The lowest BCUT2D eigenvalue weighted by Crippen LogP contribution is -2.29. The number of hydrogen-bond acceptors (Lipinski definition) is 3. The molecule has 3 nitrogen and oxygen atoms in total. The Morgan fingerprint density at radius 3 is 2.57 bits per heavy atom. The molecule has 0 spiro atoms. The number of anilines is 1. The van der Waals surface area contributed by atoms with Crippen LogP contribution in [0.2, 0.25) is 0 Å². The van der Waals surface area contributed by atoms with Crippen LogP contribution in [-0.2, 0) is 11.2 Å². The first-order valence-electron chi connectivity index (χ1n) is 8.39. The highest BCUT2D eigenvalue weighted by Gasteiger charge is 2.13. The van der Waals surface area contributed by atoms with Gasteiger partial charge in [0.1, 0.15) is 0 Å². The van der Waals surface area contributed by atoms with E-state index in [0.29, 0.717) is 6.42 Å². The van der Waals surface area contributed by atoms with E-state index in [9.17, 15) is 4.79 Å². The van der Waals surface area contributed by atoms with Gasteiger partial charge in [-0.1, -0.05) is 18.2 Å². The Bertz CT molecular complexity index is 615. The van der Waals surface area contributed by atoms with E-state index in [2.05, 4.69) is 34.5 Å². The molecule has 4 heteroatoms. The molecule has 0 bridgehead atoms. The van der Waals surface area contributed by atoms with Crippen molar-refractivity contribution < 1.29 is 4.79 Å². The molecule has 1 amide bonds. The largest absolute Gasteiger partial charge is 0.372 e. The zero-order chi connectivity index (χ0) is 16.1. The lowest BCUT2D eigenvalue weighted by atomic mass is 10.1. The average Bonchev–Trinajstić information content (AvgIpc) is 3.08. The van der Waals surface area contributed by atoms with E-state index in [0.717, 1.165) is 23.5 Å². The van der Waals surface area contributed by atoms with Crippen LogP contribution in [0, 0.1) is 0 Å². The number of carbonyl (C=O) groups is 1. The normalized spacial score (nSPS) is 16.1. The maximum atomic E-state index is 12.1. The van der Waals surface area contributed by atoms with Crippen molar-refractivity contribution in [1.29, 1.82) is 0 Å². The minimum atomic E-state index is 0.0397. The van der Waals surface area contributed by atoms with Crippen molar-refractivity contribution in [3.63, 3.8) is 0 Å². The fourth-order valence-electron chi connectivity index (χ4n) is 3.07. The summed E-state index contributed by atoms with van der Waals surface area (Å²) in [5.41, 5.74) is 2.45. The zero-order valence-corrected chi connectivity index (χ0v) is 14.4. The van der Waals surface area contributed by atoms with Gasteiger partial charge in [0.25, 0.3) is 0 Å². The highest BCUT2D eigenvalue weighted by Crippen LogP contribution is 2.22. The molecule has 23 heavy (non-hydrogen) atoms. The Hall–Kier alpha value is -1.81. The van der Waals surface area contributed by atoms with Crippen LogP contribution in [0.1, 0.15) is 42.7 Å². The first-order valence-corrected chi connectivity index (χ1v) is 9.27. The molecule has 2 heterocycles. The Morgan fingerprint density at radius 1 is 1.17 bits per heavy atom. The molecule has 1 saturated heterocycles. The van der Waals surface area contributed by atoms with Crippen LogP contribution in [0.4, 0.5) is 5.69 Å². The molecule has 0 radical (unpaired) electrons. The maximum absolute atomic E-state index is 12.1. The predicted octanol–water partition coefficient (Wildman–Crippen LogP) is 4.16. The van der Waals surface area contributed by atoms with Crippen LogP contribution in [-0.4, -0.2) is 19.0 Å². The van der Waals surface area contributed by atoms with Gasteiger partial charge in [0.2, 0.25) is 5.91 Å². The fourth-order valence-corrected chi connectivity index (χ4v) is 3.78. The van der Waals surface area contributed by atoms with Gasteiger partial charge in [0.15, 0.2) is 0 Å². The van der Waals surface area contributed by atoms with Crippen LogP contribution in [0.25, 0.3) is 0 Å². The van der Waals surface area contributed by atoms with E-state index in [4.69, 9.17) is 0 Å². The third kappa shape index (κ3) is 4.35. The summed E-state index contributed by atoms with van der Waals surface area (Å²) in [4.78, 5) is 15.7. The fraction of sp³-hybridized carbons (Fsp3) is 0.421. The van der Waals surface area contributed by atoms with Gasteiger partial charge in [-0.05, 0) is 55.3 Å². The second kappa shape index (κ2) is 7.64. The number of rotatable bonds is 5. The molecule has 1 aromatic carbocycles. The molecule has 1 aliphatic rings. The SMILES string of the molecule is CC(NC(=O)Cc1cccs1)c1ccc(N2CCCCC2)cc1. The highest BCUT2D eigenvalue weighted by molar-refractivity contribution is 7.10. The summed E-state index contributed by atoms with van der Waals surface area (Å²) in [6.07, 6.45) is 4.39. The molecule has 3 rings (SSSR count). The summed E-state index contributed by atoms with van der Waals surface area (Å²) in [6.45, 7) is 4.36. The lowest BCUT2D eigenvalue weighted by Gasteiger charge is -2.29. The number of nitrogens with zero attached hydrogens (tertiary/aromatic N) is 1. The van der Waals surface area contributed by atoms with Crippen LogP contribution >= 0.6 is 11.3 Å². The number of hydrogen-bond donors (Lipinski definition) is 1. The van der Waals surface area contributed by atoms with Crippen molar-refractivity contribution in [3.05, 3.63) is 52.2 Å². The minimum Gasteiger partial charge on any atom is -0.372 e. The highest BCUT2D eigenvalue weighted by atomic mass is 32.1. The van der Waals surface area contributed by atoms with E-state index >= 15 is 0 Å². The number of benzene rings is 1. The molecule has 1 unspecified atom stereocenters. The van der Waals surface area contributed by atoms with Crippen molar-refractivity contribution in [2.75, 3.05) is 18.0 Å². The van der Waals surface area contributed by atoms with Gasteiger partial charge in [-0.25, -0.2) is 0 Å². The Kier molecular flexibility index (Phi) is 5.34. The summed E-state index contributed by atoms with van der Waals surface area (Å²) in [5, 5.41) is 5.09.